The number of alkyl halides is 3. The van der Waals surface area contributed by atoms with Crippen LogP contribution in [-0.4, -0.2) is 53.2 Å². The predicted molar refractivity (Wildman–Crippen MR) is 164 cm³/mol. The van der Waals surface area contributed by atoms with Crippen molar-refractivity contribution in [3.63, 3.8) is 0 Å². The van der Waals surface area contributed by atoms with Crippen LogP contribution in [0.3, 0.4) is 0 Å². The van der Waals surface area contributed by atoms with E-state index in [0.29, 0.717) is 34.4 Å². The molecule has 3 aromatic rings. The highest BCUT2D eigenvalue weighted by molar-refractivity contribution is 6.35. The number of carbonyl (C=O) groups is 1. The van der Waals surface area contributed by atoms with Gasteiger partial charge in [-0.1, -0.05) is 44.5 Å². The van der Waals surface area contributed by atoms with Crippen LogP contribution >= 0.6 is 11.6 Å². The maximum atomic E-state index is 16.1. The van der Waals surface area contributed by atoms with Gasteiger partial charge in [-0.3, -0.25) is 14.8 Å². The fourth-order valence-corrected chi connectivity index (χ4v) is 5.39. The highest BCUT2D eigenvalue weighted by atomic mass is 35.5. The summed E-state index contributed by atoms with van der Waals surface area (Å²) in [6, 6.07) is 8.61. The zero-order chi connectivity index (χ0) is 32.9. The summed E-state index contributed by atoms with van der Waals surface area (Å²) in [6.07, 6.45) is -2.03. The van der Waals surface area contributed by atoms with Crippen molar-refractivity contribution in [1.29, 1.82) is 5.26 Å². The molecule has 238 valence electrons. The van der Waals surface area contributed by atoms with Crippen LogP contribution in [0.1, 0.15) is 61.1 Å². The summed E-state index contributed by atoms with van der Waals surface area (Å²) in [4.78, 5) is 18.4. The van der Waals surface area contributed by atoms with Gasteiger partial charge in [0.15, 0.2) is 5.54 Å². The highest BCUT2D eigenvalue weighted by Crippen LogP contribution is 2.54. The molecule has 1 aliphatic carbocycles. The van der Waals surface area contributed by atoms with Crippen molar-refractivity contribution in [2.45, 2.75) is 51.4 Å². The Bertz CT molecular complexity index is 1720. The van der Waals surface area contributed by atoms with Gasteiger partial charge in [-0.25, -0.2) is 4.39 Å². The van der Waals surface area contributed by atoms with Gasteiger partial charge in [0.05, 0.1) is 39.1 Å². The van der Waals surface area contributed by atoms with Crippen molar-refractivity contribution in [3.05, 3.63) is 76.0 Å². The Morgan fingerprint density at radius 2 is 1.96 bits per heavy atom. The highest BCUT2D eigenvalue weighted by Gasteiger charge is 2.67. The molecule has 1 aromatic heterocycles. The van der Waals surface area contributed by atoms with Gasteiger partial charge in [0.25, 0.3) is 5.91 Å². The van der Waals surface area contributed by atoms with E-state index in [0.717, 1.165) is 5.01 Å². The first kappa shape index (κ1) is 32.1. The number of nitrogens with zero attached hydrogens (tertiary/aromatic N) is 4. The average molecular weight is 645 g/mol. The SMILES string of the molecule is CN(C)C(=O)c1cccc([C@H](Nc2cc(Cl)c3ncc(C#N)c(NCC(C)(C)C)c3c2)C2=CN(C3(C(F)(F)F)CC3)NN2)c1F. The number of nitriles is 1. The van der Waals surface area contributed by atoms with E-state index in [1.165, 1.54) is 49.6 Å². The molecule has 4 N–H and O–H groups in total. The predicted octanol–water partition coefficient (Wildman–Crippen LogP) is 6.47. The molecule has 0 saturated heterocycles. The first-order valence-electron chi connectivity index (χ1n) is 14.2. The number of aromatic nitrogens is 1. The second-order valence-corrected chi connectivity index (χ2v) is 13.0. The van der Waals surface area contributed by atoms with Gasteiger partial charge in [0.1, 0.15) is 11.9 Å². The number of halogens is 5. The number of pyridine rings is 1. The lowest BCUT2D eigenvalue weighted by molar-refractivity contribution is -0.195. The quantitative estimate of drug-likeness (QED) is 0.207. The third-order valence-corrected chi connectivity index (χ3v) is 8.03. The number of amides is 1. The normalized spacial score (nSPS) is 16.5. The molecule has 0 unspecified atom stereocenters. The van der Waals surface area contributed by atoms with Crippen LogP contribution in [0.2, 0.25) is 5.02 Å². The standard InChI is InChI=1S/C31H33ClF4N8O/c1-29(2,3)16-39-25-17(13-37)14-38-26-21(25)11-18(12-22(26)32)40-27(19-7-6-8-20(24(19)33)28(45)43(4)5)23-15-44(42-41-23)30(9-10-30)31(34,35)36/h6-8,11-12,14-15,27,40-42H,9-10,16H2,1-5H3,(H,38,39)/t27-/m0/s1. The van der Waals surface area contributed by atoms with E-state index >= 15 is 4.39 Å². The number of fused-ring (bicyclic) bond motifs is 1. The van der Waals surface area contributed by atoms with Gasteiger partial charge in [-0.15, -0.1) is 5.53 Å². The van der Waals surface area contributed by atoms with E-state index in [4.69, 9.17) is 11.6 Å². The second-order valence-electron chi connectivity index (χ2n) is 12.6. The topological polar surface area (TPSA) is 108 Å². The molecule has 0 bridgehead atoms. The monoisotopic (exact) mass is 644 g/mol. The summed E-state index contributed by atoms with van der Waals surface area (Å²) < 4.78 is 57.9. The molecule has 14 heteroatoms. The van der Waals surface area contributed by atoms with Crippen LogP contribution in [0.5, 0.6) is 0 Å². The fourth-order valence-electron chi connectivity index (χ4n) is 5.13. The van der Waals surface area contributed by atoms with Crippen molar-refractivity contribution in [3.8, 4) is 6.07 Å². The molecule has 1 fully saturated rings. The van der Waals surface area contributed by atoms with Crippen molar-refractivity contribution >= 4 is 39.8 Å². The molecule has 9 nitrogen and oxygen atoms in total. The summed E-state index contributed by atoms with van der Waals surface area (Å²) in [6.45, 7) is 6.63. The lowest BCUT2D eigenvalue weighted by atomic mass is 9.96. The maximum absolute atomic E-state index is 16.1. The number of carbonyl (C=O) groups excluding carboxylic acids is 1. The first-order chi connectivity index (χ1) is 21.1. The van der Waals surface area contributed by atoms with E-state index < -0.39 is 29.5 Å². The lowest BCUT2D eigenvalue weighted by Gasteiger charge is -2.28. The van der Waals surface area contributed by atoms with Gasteiger partial charge in [-0.05, 0) is 36.5 Å². The molecule has 1 atom stereocenters. The van der Waals surface area contributed by atoms with Crippen molar-refractivity contribution in [1.82, 2.24) is 25.9 Å². The van der Waals surface area contributed by atoms with E-state index in [9.17, 15) is 23.2 Å². The molecule has 5 rings (SSSR count). The summed E-state index contributed by atoms with van der Waals surface area (Å²) in [5.41, 5.74) is 4.70. The van der Waals surface area contributed by atoms with Gasteiger partial charge < -0.3 is 21.0 Å². The molecule has 0 spiro atoms. The number of nitrogens with one attached hydrogen (secondary N) is 4. The summed E-state index contributed by atoms with van der Waals surface area (Å²) in [7, 11) is 2.98. The maximum Gasteiger partial charge on any atom is 0.413 e. The minimum absolute atomic E-state index is 0.00755. The van der Waals surface area contributed by atoms with Gasteiger partial charge in [-0.2, -0.15) is 18.4 Å². The minimum Gasteiger partial charge on any atom is -0.383 e. The van der Waals surface area contributed by atoms with Gasteiger partial charge in [0, 0.05) is 49.7 Å². The number of anilines is 2. The van der Waals surface area contributed by atoms with Crippen LogP contribution in [0.4, 0.5) is 28.9 Å². The number of rotatable bonds is 8. The Balaban J connectivity index is 1.63. The largest absolute Gasteiger partial charge is 0.413 e. The first-order valence-corrected chi connectivity index (χ1v) is 14.6. The zero-order valence-electron chi connectivity index (χ0n) is 25.3. The Labute approximate surface area is 263 Å². The molecule has 1 amide bonds. The smallest absolute Gasteiger partial charge is 0.383 e. The molecule has 0 radical (unpaired) electrons. The van der Waals surface area contributed by atoms with E-state index in [1.54, 1.807) is 12.1 Å². The molecule has 45 heavy (non-hydrogen) atoms. The van der Waals surface area contributed by atoms with E-state index in [-0.39, 0.29) is 40.1 Å². The summed E-state index contributed by atoms with van der Waals surface area (Å²) in [5.74, 6) is -1.41. The van der Waals surface area contributed by atoms with E-state index in [1.807, 2.05) is 20.8 Å². The lowest BCUT2D eigenvalue weighted by Crippen LogP contribution is -2.52. The third-order valence-electron chi connectivity index (χ3n) is 7.74. The molecule has 1 aliphatic heterocycles. The van der Waals surface area contributed by atoms with Crippen LogP contribution in [0, 0.1) is 22.6 Å². The van der Waals surface area contributed by atoms with Crippen LogP contribution < -0.4 is 21.6 Å². The van der Waals surface area contributed by atoms with E-state index in [2.05, 4.69) is 32.6 Å². The zero-order valence-corrected chi connectivity index (χ0v) is 26.1. The van der Waals surface area contributed by atoms with Crippen LogP contribution in [-0.2, 0) is 0 Å². The molecule has 2 aromatic carbocycles. The van der Waals surface area contributed by atoms with Crippen molar-refractivity contribution in [2.75, 3.05) is 31.3 Å². The fraction of sp³-hybridized carbons (Fsp3) is 0.387. The van der Waals surface area contributed by atoms with Crippen LogP contribution in [0.25, 0.3) is 10.9 Å². The Morgan fingerprint density at radius 1 is 1.24 bits per heavy atom. The van der Waals surface area contributed by atoms with Crippen LogP contribution in [0.15, 0.2) is 48.4 Å². The minimum atomic E-state index is -4.51. The number of hydrogen-bond acceptors (Lipinski definition) is 8. The Kier molecular flexibility index (Phi) is 8.26. The molecular weight excluding hydrogens is 612 g/mol. The number of hydrogen-bond donors (Lipinski definition) is 4. The van der Waals surface area contributed by atoms with Gasteiger partial charge in [0.2, 0.25) is 0 Å². The van der Waals surface area contributed by atoms with Gasteiger partial charge >= 0.3 is 6.18 Å². The van der Waals surface area contributed by atoms with Crippen molar-refractivity contribution in [2.24, 2.45) is 5.41 Å². The number of hydrazine groups is 2. The Morgan fingerprint density at radius 3 is 2.56 bits per heavy atom. The third kappa shape index (κ3) is 6.17. The molecule has 2 heterocycles. The second kappa shape index (κ2) is 11.6. The molecular formula is C31H33ClF4N8O. The Hall–Kier alpha value is -4.28. The molecule has 2 aliphatic rings. The average Bonchev–Trinajstić information content (AvgIpc) is 3.65. The van der Waals surface area contributed by atoms with Crippen molar-refractivity contribution < 1.29 is 22.4 Å². The number of benzene rings is 2. The molecule has 1 saturated carbocycles. The summed E-state index contributed by atoms with van der Waals surface area (Å²) >= 11 is 6.67. The summed E-state index contributed by atoms with van der Waals surface area (Å²) in [5, 5.41) is 18.1.